The first-order chi connectivity index (χ1) is 8.68. The molecule has 0 aliphatic carbocycles. The van der Waals surface area contributed by atoms with Gasteiger partial charge in [-0.25, -0.2) is 0 Å². The zero-order chi connectivity index (χ0) is 13.0. The Kier molecular flexibility index (Phi) is 3.82. The maximum atomic E-state index is 6.01. The van der Waals surface area contributed by atoms with Gasteiger partial charge in [0.05, 0.1) is 17.6 Å². The molecule has 0 aliphatic heterocycles. The van der Waals surface area contributed by atoms with Gasteiger partial charge in [-0.1, -0.05) is 30.3 Å². The van der Waals surface area contributed by atoms with Crippen molar-refractivity contribution in [3.8, 4) is 0 Å². The van der Waals surface area contributed by atoms with Gasteiger partial charge >= 0.3 is 0 Å². The van der Waals surface area contributed by atoms with Crippen LogP contribution in [0, 0.1) is 0 Å². The molecule has 1 aromatic carbocycles. The molecular formula is C15H19N3. The Bertz CT molecular complexity index is 494. The molecular weight excluding hydrogens is 222 g/mol. The number of nitrogen functional groups attached to an aromatic ring is 1. The van der Waals surface area contributed by atoms with Crippen LogP contribution >= 0.6 is 0 Å². The van der Waals surface area contributed by atoms with Crippen molar-refractivity contribution in [1.29, 1.82) is 0 Å². The third-order valence-electron chi connectivity index (χ3n) is 2.96. The zero-order valence-electron chi connectivity index (χ0n) is 10.9. The molecule has 2 N–H and O–H groups in total. The van der Waals surface area contributed by atoms with E-state index in [1.165, 1.54) is 5.56 Å². The van der Waals surface area contributed by atoms with Crippen LogP contribution in [0.2, 0.25) is 0 Å². The van der Waals surface area contributed by atoms with Crippen molar-refractivity contribution in [2.75, 3.05) is 10.6 Å². The predicted octanol–water partition coefficient (Wildman–Crippen LogP) is 3.08. The number of hydrogen-bond acceptors (Lipinski definition) is 3. The van der Waals surface area contributed by atoms with Crippen LogP contribution in [0.5, 0.6) is 0 Å². The summed E-state index contributed by atoms with van der Waals surface area (Å²) in [6, 6.07) is 12.8. The Morgan fingerprint density at radius 2 is 1.89 bits per heavy atom. The fraction of sp³-hybridized carbons (Fsp3) is 0.267. The number of anilines is 2. The average Bonchev–Trinajstić information content (AvgIpc) is 2.38. The lowest BCUT2D eigenvalue weighted by Crippen LogP contribution is -2.30. The molecule has 0 saturated heterocycles. The quantitative estimate of drug-likeness (QED) is 0.894. The first kappa shape index (κ1) is 12.4. The van der Waals surface area contributed by atoms with E-state index in [4.69, 9.17) is 5.73 Å². The highest BCUT2D eigenvalue weighted by atomic mass is 15.2. The molecule has 0 spiro atoms. The van der Waals surface area contributed by atoms with Gasteiger partial charge in [0.2, 0.25) is 0 Å². The van der Waals surface area contributed by atoms with Crippen molar-refractivity contribution in [2.24, 2.45) is 0 Å². The van der Waals surface area contributed by atoms with E-state index < -0.39 is 0 Å². The Morgan fingerprint density at radius 1 is 1.17 bits per heavy atom. The summed E-state index contributed by atoms with van der Waals surface area (Å²) in [6.07, 6.45) is 3.49. The Morgan fingerprint density at radius 3 is 2.50 bits per heavy atom. The van der Waals surface area contributed by atoms with Crippen LogP contribution in [0.15, 0.2) is 48.8 Å². The van der Waals surface area contributed by atoms with Crippen molar-refractivity contribution in [3.05, 3.63) is 54.4 Å². The molecule has 2 aromatic rings. The first-order valence-electron chi connectivity index (χ1n) is 6.18. The van der Waals surface area contributed by atoms with Crippen molar-refractivity contribution in [2.45, 2.75) is 26.4 Å². The van der Waals surface area contributed by atoms with Crippen LogP contribution < -0.4 is 10.6 Å². The minimum atomic E-state index is 0.384. The molecule has 0 radical (unpaired) electrons. The van der Waals surface area contributed by atoms with Crippen LogP contribution in [0.4, 0.5) is 11.4 Å². The molecule has 3 nitrogen and oxygen atoms in total. The van der Waals surface area contributed by atoms with E-state index in [0.717, 1.165) is 17.9 Å². The molecule has 2 rings (SSSR count). The van der Waals surface area contributed by atoms with Crippen molar-refractivity contribution in [1.82, 2.24) is 4.98 Å². The second-order valence-corrected chi connectivity index (χ2v) is 4.64. The predicted molar refractivity (Wildman–Crippen MR) is 76.4 cm³/mol. The van der Waals surface area contributed by atoms with E-state index in [9.17, 15) is 0 Å². The maximum absolute atomic E-state index is 6.01. The monoisotopic (exact) mass is 241 g/mol. The number of nitrogens with zero attached hydrogens (tertiary/aromatic N) is 2. The number of nitrogens with two attached hydrogens (primary N) is 1. The number of pyridine rings is 1. The summed E-state index contributed by atoms with van der Waals surface area (Å²) in [5.74, 6) is 0. The number of rotatable bonds is 4. The number of hydrogen-bond donors (Lipinski definition) is 1. The molecule has 0 unspecified atom stereocenters. The highest BCUT2D eigenvalue weighted by molar-refractivity contribution is 5.66. The van der Waals surface area contributed by atoms with Crippen LogP contribution in [-0.2, 0) is 6.54 Å². The number of benzene rings is 1. The molecule has 0 amide bonds. The smallest absolute Gasteiger partial charge is 0.0738 e. The van der Waals surface area contributed by atoms with Gasteiger partial charge in [0.1, 0.15) is 0 Å². The Balaban J connectivity index is 2.27. The van der Waals surface area contributed by atoms with Crippen molar-refractivity contribution >= 4 is 11.4 Å². The summed E-state index contributed by atoms with van der Waals surface area (Å²) in [7, 11) is 0. The van der Waals surface area contributed by atoms with E-state index >= 15 is 0 Å². The summed E-state index contributed by atoms with van der Waals surface area (Å²) in [4.78, 5) is 6.33. The molecule has 1 heterocycles. The molecule has 1 aromatic heterocycles. The lowest BCUT2D eigenvalue weighted by atomic mass is 10.1. The van der Waals surface area contributed by atoms with Gasteiger partial charge in [0, 0.05) is 18.8 Å². The standard InChI is InChI=1S/C15H19N3/c1-12(2)18(11-13-6-4-3-5-7-13)15-8-9-17-10-14(15)16/h3-10,12H,11,16H2,1-2H3. The van der Waals surface area contributed by atoms with Gasteiger partial charge in [-0.2, -0.15) is 0 Å². The van der Waals surface area contributed by atoms with Gasteiger partial charge in [0.25, 0.3) is 0 Å². The van der Waals surface area contributed by atoms with Crippen LogP contribution in [-0.4, -0.2) is 11.0 Å². The maximum Gasteiger partial charge on any atom is 0.0738 e. The van der Waals surface area contributed by atoms with Crippen molar-refractivity contribution < 1.29 is 0 Å². The van der Waals surface area contributed by atoms with Crippen LogP contribution in [0.1, 0.15) is 19.4 Å². The third-order valence-corrected chi connectivity index (χ3v) is 2.96. The Hall–Kier alpha value is -2.03. The molecule has 18 heavy (non-hydrogen) atoms. The van der Waals surface area contributed by atoms with Crippen molar-refractivity contribution in [3.63, 3.8) is 0 Å². The molecule has 0 saturated carbocycles. The summed E-state index contributed by atoms with van der Waals surface area (Å²) < 4.78 is 0. The largest absolute Gasteiger partial charge is 0.396 e. The first-order valence-corrected chi connectivity index (χ1v) is 6.18. The van der Waals surface area contributed by atoms with Gasteiger partial charge in [-0.3, -0.25) is 4.98 Å². The van der Waals surface area contributed by atoms with E-state index in [0.29, 0.717) is 6.04 Å². The SMILES string of the molecule is CC(C)N(Cc1ccccc1)c1ccncc1N. The molecule has 0 bridgehead atoms. The number of aromatic nitrogens is 1. The highest BCUT2D eigenvalue weighted by Gasteiger charge is 2.13. The van der Waals surface area contributed by atoms with E-state index in [-0.39, 0.29) is 0 Å². The normalized spacial score (nSPS) is 10.6. The Labute approximate surface area is 108 Å². The second-order valence-electron chi connectivity index (χ2n) is 4.64. The average molecular weight is 241 g/mol. The summed E-state index contributed by atoms with van der Waals surface area (Å²) in [6.45, 7) is 5.19. The molecule has 3 heteroatoms. The molecule has 0 atom stereocenters. The fourth-order valence-electron chi connectivity index (χ4n) is 1.99. The van der Waals surface area contributed by atoms with E-state index in [2.05, 4.69) is 48.0 Å². The highest BCUT2D eigenvalue weighted by Crippen LogP contribution is 2.25. The molecule has 94 valence electrons. The van der Waals surface area contributed by atoms with E-state index in [1.54, 1.807) is 12.4 Å². The minimum Gasteiger partial charge on any atom is -0.396 e. The fourth-order valence-corrected chi connectivity index (χ4v) is 1.99. The zero-order valence-corrected chi connectivity index (χ0v) is 10.9. The van der Waals surface area contributed by atoms with Crippen LogP contribution in [0.3, 0.4) is 0 Å². The van der Waals surface area contributed by atoms with E-state index in [1.807, 2.05) is 12.1 Å². The molecule has 0 aliphatic rings. The third kappa shape index (κ3) is 2.80. The van der Waals surface area contributed by atoms with Gasteiger partial charge in [-0.15, -0.1) is 0 Å². The second kappa shape index (κ2) is 5.54. The summed E-state index contributed by atoms with van der Waals surface area (Å²) in [5, 5.41) is 0. The van der Waals surface area contributed by atoms with Gasteiger partial charge in [0.15, 0.2) is 0 Å². The van der Waals surface area contributed by atoms with Gasteiger partial charge < -0.3 is 10.6 Å². The van der Waals surface area contributed by atoms with Gasteiger partial charge in [-0.05, 0) is 25.5 Å². The summed E-state index contributed by atoms with van der Waals surface area (Å²) >= 11 is 0. The summed E-state index contributed by atoms with van der Waals surface area (Å²) in [5.41, 5.74) is 9.06. The molecule has 0 fully saturated rings. The van der Waals surface area contributed by atoms with Crippen LogP contribution in [0.25, 0.3) is 0 Å². The lowest BCUT2D eigenvalue weighted by Gasteiger charge is -2.30. The topological polar surface area (TPSA) is 42.2 Å². The minimum absolute atomic E-state index is 0.384. The lowest BCUT2D eigenvalue weighted by molar-refractivity contribution is 0.683.